The number of ether oxygens (including phenoxy) is 2. The molecule has 1 atom stereocenters. The maximum Gasteiger partial charge on any atom is 0.233 e. The van der Waals surface area contributed by atoms with Gasteiger partial charge in [-0.05, 0) is 59.2 Å². The number of rotatable bonds is 5. The van der Waals surface area contributed by atoms with Gasteiger partial charge in [-0.1, -0.05) is 18.2 Å². The van der Waals surface area contributed by atoms with E-state index in [1.54, 1.807) is 20.4 Å². The van der Waals surface area contributed by atoms with Gasteiger partial charge in [0.25, 0.3) is 0 Å². The number of hydrogen-bond donors (Lipinski definition) is 2. The second-order valence-electron chi connectivity index (χ2n) is 7.68. The van der Waals surface area contributed by atoms with Crippen molar-refractivity contribution in [2.24, 2.45) is 0 Å². The van der Waals surface area contributed by atoms with Crippen molar-refractivity contribution in [3.8, 4) is 22.6 Å². The van der Waals surface area contributed by atoms with Crippen molar-refractivity contribution in [3.63, 3.8) is 0 Å². The van der Waals surface area contributed by atoms with Crippen LogP contribution in [0.1, 0.15) is 23.5 Å². The minimum Gasteiger partial charge on any atom is -0.493 e. The molecule has 4 aromatic rings. The molecule has 2 heterocycles. The Bertz CT molecular complexity index is 1260. The van der Waals surface area contributed by atoms with Crippen LogP contribution in [-0.2, 0) is 11.2 Å². The Kier molecular flexibility index (Phi) is 4.82. The second kappa shape index (κ2) is 7.80. The lowest BCUT2D eigenvalue weighted by Crippen LogP contribution is -2.20. The predicted molar refractivity (Wildman–Crippen MR) is 121 cm³/mol. The van der Waals surface area contributed by atoms with Gasteiger partial charge in [0.2, 0.25) is 5.91 Å². The highest BCUT2D eigenvalue weighted by molar-refractivity contribution is 5.98. The van der Waals surface area contributed by atoms with Crippen molar-refractivity contribution >= 4 is 22.5 Å². The molecule has 2 aromatic heterocycles. The first kappa shape index (κ1) is 19.2. The van der Waals surface area contributed by atoms with Crippen LogP contribution in [-0.4, -0.2) is 30.1 Å². The molecule has 0 bridgehead atoms. The van der Waals surface area contributed by atoms with Gasteiger partial charge in [-0.3, -0.25) is 4.79 Å². The molecule has 6 nitrogen and oxygen atoms in total. The normalized spacial score (nSPS) is 15.0. The van der Waals surface area contributed by atoms with E-state index in [1.807, 2.05) is 42.7 Å². The third-order valence-corrected chi connectivity index (χ3v) is 5.96. The summed E-state index contributed by atoms with van der Waals surface area (Å²) in [6.45, 7) is 0. The molecule has 5 rings (SSSR count). The van der Waals surface area contributed by atoms with Crippen LogP contribution in [0.5, 0.6) is 11.5 Å². The summed E-state index contributed by atoms with van der Waals surface area (Å²) in [5.74, 6) is 1.67. The number of amides is 1. The zero-order valence-corrected chi connectivity index (χ0v) is 17.4. The Morgan fingerprint density at radius 2 is 1.97 bits per heavy atom. The summed E-state index contributed by atoms with van der Waals surface area (Å²) in [6.07, 6.45) is 7.17. The van der Waals surface area contributed by atoms with Gasteiger partial charge >= 0.3 is 0 Å². The monoisotopic (exact) mass is 413 g/mol. The van der Waals surface area contributed by atoms with Crippen molar-refractivity contribution in [1.29, 1.82) is 0 Å². The Morgan fingerprint density at radius 1 is 1.06 bits per heavy atom. The summed E-state index contributed by atoms with van der Waals surface area (Å²) in [6, 6.07) is 14.0. The van der Waals surface area contributed by atoms with E-state index >= 15 is 0 Å². The first-order valence-corrected chi connectivity index (χ1v) is 10.3. The van der Waals surface area contributed by atoms with E-state index in [9.17, 15) is 4.79 Å². The van der Waals surface area contributed by atoms with Crippen LogP contribution < -0.4 is 14.8 Å². The number of benzene rings is 2. The largest absolute Gasteiger partial charge is 0.493 e. The van der Waals surface area contributed by atoms with Crippen molar-refractivity contribution in [1.82, 2.24) is 9.97 Å². The lowest BCUT2D eigenvalue weighted by molar-refractivity contribution is -0.117. The highest BCUT2D eigenvalue weighted by Crippen LogP contribution is 2.43. The minimum absolute atomic E-state index is 0.0559. The molecular weight excluding hydrogens is 390 g/mol. The molecule has 1 aliphatic carbocycles. The number of pyridine rings is 1. The molecular formula is C25H23N3O3. The summed E-state index contributed by atoms with van der Waals surface area (Å²) < 4.78 is 10.9. The van der Waals surface area contributed by atoms with E-state index in [2.05, 4.69) is 27.4 Å². The summed E-state index contributed by atoms with van der Waals surface area (Å²) in [5.41, 5.74) is 4.27. The molecule has 6 heteroatoms. The van der Waals surface area contributed by atoms with Crippen LogP contribution in [0.3, 0.4) is 0 Å². The lowest BCUT2D eigenvalue weighted by atomic mass is 9.99. The average molecular weight is 413 g/mol. The number of nitrogens with one attached hydrogen (secondary N) is 2. The van der Waals surface area contributed by atoms with E-state index in [-0.39, 0.29) is 11.8 Å². The first-order chi connectivity index (χ1) is 15.2. The van der Waals surface area contributed by atoms with E-state index < -0.39 is 0 Å². The molecule has 156 valence electrons. The van der Waals surface area contributed by atoms with Gasteiger partial charge in [-0.25, -0.2) is 4.98 Å². The summed E-state index contributed by atoms with van der Waals surface area (Å²) in [4.78, 5) is 20.6. The Balaban J connectivity index is 1.41. The quantitative estimate of drug-likeness (QED) is 0.487. The molecule has 0 spiro atoms. The predicted octanol–water partition coefficient (Wildman–Crippen LogP) is 4.92. The van der Waals surface area contributed by atoms with Crippen LogP contribution in [0.25, 0.3) is 21.9 Å². The van der Waals surface area contributed by atoms with Crippen LogP contribution in [0.15, 0.2) is 61.1 Å². The fourth-order valence-electron chi connectivity index (χ4n) is 4.41. The molecule has 31 heavy (non-hydrogen) atoms. The minimum atomic E-state index is -0.238. The number of methoxy groups -OCH3 is 2. The highest BCUT2D eigenvalue weighted by Gasteiger charge is 2.32. The molecule has 2 aromatic carbocycles. The molecule has 1 amide bonds. The van der Waals surface area contributed by atoms with Crippen LogP contribution in [0, 0.1) is 0 Å². The maximum absolute atomic E-state index is 13.1. The van der Waals surface area contributed by atoms with E-state index in [0.29, 0.717) is 11.6 Å². The van der Waals surface area contributed by atoms with Gasteiger partial charge in [0.05, 0.1) is 20.1 Å². The number of carbonyl (C=O) groups excluding carboxylic acids is 1. The fraction of sp³-hybridized carbons (Fsp3) is 0.200. The van der Waals surface area contributed by atoms with Gasteiger partial charge in [0.1, 0.15) is 5.82 Å². The maximum atomic E-state index is 13.1. The number of nitrogens with zero attached hydrogens (tertiary/aromatic N) is 1. The molecule has 0 aliphatic heterocycles. The standard InChI is InChI=1S/C25H23N3O3/c1-30-22-8-7-19-20(24(22)31-2)5-6-21(19)25(29)28-23-12-18-11-15(17-9-10-26-13-17)3-4-16(18)14-27-23/h3-4,7-14,21,26H,5-6H2,1-2H3,(H,27,28,29)/t21-/m0/s1. The fourth-order valence-corrected chi connectivity index (χ4v) is 4.41. The number of fused-ring (bicyclic) bond motifs is 2. The van der Waals surface area contributed by atoms with Crippen molar-refractivity contribution < 1.29 is 14.3 Å². The third kappa shape index (κ3) is 3.40. The molecule has 0 unspecified atom stereocenters. The SMILES string of the molecule is COc1ccc2c(c1OC)CC[C@@H]2C(=O)Nc1cc2cc(-c3cc[nH]c3)ccc2cn1. The van der Waals surface area contributed by atoms with Gasteiger partial charge in [0, 0.05) is 29.5 Å². The van der Waals surface area contributed by atoms with Gasteiger partial charge < -0.3 is 19.8 Å². The number of anilines is 1. The Hall–Kier alpha value is -3.80. The summed E-state index contributed by atoms with van der Waals surface area (Å²) in [7, 11) is 3.25. The number of aromatic amines is 1. The second-order valence-corrected chi connectivity index (χ2v) is 7.68. The van der Waals surface area contributed by atoms with Crippen molar-refractivity contribution in [3.05, 3.63) is 72.2 Å². The number of hydrogen-bond acceptors (Lipinski definition) is 4. The van der Waals surface area contributed by atoms with E-state index in [0.717, 1.165) is 51.6 Å². The van der Waals surface area contributed by atoms with Crippen molar-refractivity contribution in [2.75, 3.05) is 19.5 Å². The van der Waals surface area contributed by atoms with Crippen LogP contribution >= 0.6 is 0 Å². The lowest BCUT2D eigenvalue weighted by Gasteiger charge is -2.15. The zero-order chi connectivity index (χ0) is 21.4. The number of carbonyl (C=O) groups is 1. The topological polar surface area (TPSA) is 76.2 Å². The number of aromatic nitrogens is 2. The third-order valence-electron chi connectivity index (χ3n) is 5.96. The summed E-state index contributed by atoms with van der Waals surface area (Å²) >= 11 is 0. The Morgan fingerprint density at radius 3 is 2.74 bits per heavy atom. The molecule has 1 aliphatic rings. The van der Waals surface area contributed by atoms with Crippen LogP contribution in [0.2, 0.25) is 0 Å². The van der Waals surface area contributed by atoms with E-state index in [4.69, 9.17) is 9.47 Å². The van der Waals surface area contributed by atoms with Gasteiger partial charge in [-0.15, -0.1) is 0 Å². The van der Waals surface area contributed by atoms with Gasteiger partial charge in [0.15, 0.2) is 11.5 Å². The molecule has 0 fully saturated rings. The number of H-pyrrole nitrogens is 1. The van der Waals surface area contributed by atoms with Crippen molar-refractivity contribution in [2.45, 2.75) is 18.8 Å². The van der Waals surface area contributed by atoms with Crippen LogP contribution in [0.4, 0.5) is 5.82 Å². The average Bonchev–Trinajstić information content (AvgIpc) is 3.48. The molecule has 0 saturated heterocycles. The summed E-state index contributed by atoms with van der Waals surface area (Å²) in [5, 5.41) is 5.07. The van der Waals surface area contributed by atoms with E-state index in [1.165, 1.54) is 0 Å². The molecule has 0 saturated carbocycles. The highest BCUT2D eigenvalue weighted by atomic mass is 16.5. The molecule has 2 N–H and O–H groups in total. The first-order valence-electron chi connectivity index (χ1n) is 10.3. The molecule has 0 radical (unpaired) electrons. The zero-order valence-electron chi connectivity index (χ0n) is 17.4. The smallest absolute Gasteiger partial charge is 0.233 e. The Labute approximate surface area is 180 Å². The van der Waals surface area contributed by atoms with Gasteiger partial charge in [-0.2, -0.15) is 0 Å².